The third kappa shape index (κ3) is 1350000. The molecule has 0 rings (SSSR count). The summed E-state index contributed by atoms with van der Waals surface area (Å²) in [6.45, 7) is 14.2. The van der Waals surface area contributed by atoms with Gasteiger partial charge in [-0.1, -0.05) is 0 Å². The molecule has 0 saturated heterocycles. The van der Waals surface area contributed by atoms with Gasteiger partial charge >= 0.3 is 46.6 Å². The molecule has 0 amide bonds. The zero-order chi connectivity index (χ0) is 6.00. The Morgan fingerprint density at radius 2 is 0.625 bits per heavy atom. The molecule has 0 spiro atoms. The summed E-state index contributed by atoms with van der Waals surface area (Å²) in [4.78, 5) is 0. The van der Waals surface area contributed by atoms with Crippen LogP contribution in [-0.2, 0) is 17.1 Å². The van der Waals surface area contributed by atoms with E-state index in [0.717, 1.165) is 0 Å². The van der Waals surface area contributed by atoms with E-state index in [1.54, 1.807) is 0 Å². The SMILES string of the molecule is [C-]#N.[C-]#N.[C-]#N.[Cu+2].[Na+]. The summed E-state index contributed by atoms with van der Waals surface area (Å²) < 4.78 is 0. The first-order valence-electron chi connectivity index (χ1n) is 0.671. The van der Waals surface area contributed by atoms with Gasteiger partial charge in [-0.2, -0.15) is 0 Å². The normalized spacial score (nSPS) is 0.750. The zero-order valence-corrected chi connectivity index (χ0v) is 7.08. The maximum absolute atomic E-state index is 6.25. The zero-order valence-electron chi connectivity index (χ0n) is 4.14. The average molecular weight is 165 g/mol. The van der Waals surface area contributed by atoms with Gasteiger partial charge in [0, 0.05) is 0 Å². The van der Waals surface area contributed by atoms with Crippen LogP contribution in [0.4, 0.5) is 0 Å². The second kappa shape index (κ2) is 2270000. The van der Waals surface area contributed by atoms with E-state index < -0.39 is 0 Å². The van der Waals surface area contributed by atoms with Gasteiger partial charge in [-0.3, -0.25) is 0 Å². The molecule has 0 saturated carbocycles. The molecule has 0 aromatic rings. The Kier molecular flexibility index (Phi) is 12400000. The van der Waals surface area contributed by atoms with Gasteiger partial charge in [-0.25, -0.2) is 0 Å². The second-order valence-corrected chi connectivity index (χ2v) is 0. The van der Waals surface area contributed by atoms with E-state index in [-0.39, 0.29) is 46.6 Å². The standard InChI is InChI=1S/3CN.Cu.Na/c3*1-2;;/q3*-1;+2;+1. The van der Waals surface area contributed by atoms with Gasteiger partial charge < -0.3 is 35.5 Å². The Hall–Kier alpha value is -0.0105. The largest absolute Gasteiger partial charge is 2.00 e. The summed E-state index contributed by atoms with van der Waals surface area (Å²) in [7, 11) is 0. The molecular formula is C3CuN3Na. The second-order valence-electron chi connectivity index (χ2n) is 0. The number of nitrogens with zero attached hydrogens (tertiary/aromatic N) is 3. The molecule has 8 heavy (non-hydrogen) atoms. The van der Waals surface area contributed by atoms with E-state index in [9.17, 15) is 0 Å². The molecule has 0 aliphatic carbocycles. The van der Waals surface area contributed by atoms with E-state index in [2.05, 4.69) is 0 Å². The molecule has 5 heteroatoms. The van der Waals surface area contributed by atoms with Gasteiger partial charge in [0.15, 0.2) is 0 Å². The van der Waals surface area contributed by atoms with Crippen molar-refractivity contribution in [3.8, 4) is 0 Å². The van der Waals surface area contributed by atoms with E-state index in [1.165, 1.54) is 0 Å². The molecule has 39 valence electrons. The van der Waals surface area contributed by atoms with E-state index in [1.807, 2.05) is 0 Å². The fraction of sp³-hybridized carbons (Fsp3) is 0. The van der Waals surface area contributed by atoms with Crippen LogP contribution in [0.15, 0.2) is 0 Å². The molecule has 0 aromatic carbocycles. The van der Waals surface area contributed by atoms with Crippen LogP contribution in [0.5, 0.6) is 0 Å². The molecule has 0 aromatic heterocycles. The van der Waals surface area contributed by atoms with Crippen molar-refractivity contribution in [2.45, 2.75) is 0 Å². The molecule has 0 N–H and O–H groups in total. The Labute approximate surface area is 81.7 Å². The van der Waals surface area contributed by atoms with Crippen LogP contribution >= 0.6 is 0 Å². The van der Waals surface area contributed by atoms with E-state index >= 15 is 0 Å². The minimum atomic E-state index is 0. The summed E-state index contributed by atoms with van der Waals surface area (Å²) in [5.41, 5.74) is 0. The molecule has 0 heterocycles. The fourth-order valence-corrected chi connectivity index (χ4v) is 0. The fourth-order valence-electron chi connectivity index (χ4n) is 0. The number of hydrogen-bond acceptors (Lipinski definition) is 3. The van der Waals surface area contributed by atoms with Crippen LogP contribution in [0.3, 0.4) is 0 Å². The van der Waals surface area contributed by atoms with Crippen molar-refractivity contribution in [1.82, 2.24) is 0 Å². The summed E-state index contributed by atoms with van der Waals surface area (Å²) >= 11 is 0. The minimum Gasteiger partial charge on any atom is -0.512 e. The summed E-state index contributed by atoms with van der Waals surface area (Å²) in [6.07, 6.45) is 0. The van der Waals surface area contributed by atoms with Gasteiger partial charge in [0.2, 0.25) is 0 Å². The quantitative estimate of drug-likeness (QED) is 0.289. The van der Waals surface area contributed by atoms with Gasteiger partial charge in [-0.15, -0.1) is 0 Å². The van der Waals surface area contributed by atoms with Gasteiger partial charge in [0.05, 0.1) is 0 Å². The molecule has 0 fully saturated rings. The van der Waals surface area contributed by atoms with Gasteiger partial charge in [0.1, 0.15) is 0 Å². The predicted molar refractivity (Wildman–Crippen MR) is 14.9 cm³/mol. The average Bonchev–Trinajstić information content (AvgIpc) is 1.81. The third-order valence-electron chi connectivity index (χ3n) is 0. The molecule has 0 unspecified atom stereocenters. The van der Waals surface area contributed by atoms with Crippen molar-refractivity contribution in [2.75, 3.05) is 0 Å². The minimum absolute atomic E-state index is 0. The Morgan fingerprint density at radius 1 is 0.625 bits per heavy atom. The third-order valence-corrected chi connectivity index (χ3v) is 0. The van der Waals surface area contributed by atoms with Gasteiger partial charge in [-0.05, 0) is 0 Å². The molecule has 1 radical (unpaired) electrons. The first-order valence-corrected chi connectivity index (χ1v) is 0.671. The first kappa shape index (κ1) is 43.7. The van der Waals surface area contributed by atoms with Gasteiger partial charge in [0.25, 0.3) is 0 Å². The van der Waals surface area contributed by atoms with Crippen LogP contribution in [0.2, 0.25) is 0 Å². The summed E-state index contributed by atoms with van der Waals surface area (Å²) in [5, 5.41) is 18.8. The van der Waals surface area contributed by atoms with Crippen molar-refractivity contribution in [1.29, 1.82) is 15.8 Å². The van der Waals surface area contributed by atoms with Crippen molar-refractivity contribution >= 4 is 0 Å². The molecule has 0 aliphatic rings. The molecule has 0 bridgehead atoms. The Balaban J connectivity index is -0.00000000500. The summed E-state index contributed by atoms with van der Waals surface area (Å²) in [5.74, 6) is 0. The first-order chi connectivity index (χ1) is 3.00. The van der Waals surface area contributed by atoms with Crippen molar-refractivity contribution in [3.05, 3.63) is 19.7 Å². The molecule has 0 atom stereocenters. The maximum atomic E-state index is 6.25. The van der Waals surface area contributed by atoms with E-state index in [4.69, 9.17) is 35.5 Å². The van der Waals surface area contributed by atoms with E-state index in [0.29, 0.717) is 0 Å². The number of hydrogen-bond donors (Lipinski definition) is 0. The van der Waals surface area contributed by atoms with Crippen molar-refractivity contribution < 1.29 is 46.6 Å². The van der Waals surface area contributed by atoms with Crippen LogP contribution < -0.4 is 29.6 Å². The van der Waals surface area contributed by atoms with Crippen LogP contribution in [0, 0.1) is 35.5 Å². The van der Waals surface area contributed by atoms with Crippen LogP contribution in [0.1, 0.15) is 0 Å². The predicted octanol–water partition coefficient (Wildman–Crippen LogP) is -2.71. The Bertz CT molecular complexity index is 43.0. The smallest absolute Gasteiger partial charge is 0.512 e. The Morgan fingerprint density at radius 3 is 0.625 bits per heavy atom. The summed E-state index contributed by atoms with van der Waals surface area (Å²) in [6, 6.07) is 0. The monoisotopic (exact) mass is 164 g/mol. The van der Waals surface area contributed by atoms with Crippen LogP contribution in [0.25, 0.3) is 0 Å². The molecular weight excluding hydrogens is 165 g/mol. The number of rotatable bonds is 0. The maximum Gasteiger partial charge on any atom is 2.00 e. The molecule has 3 nitrogen and oxygen atoms in total. The topological polar surface area (TPSA) is 71.4 Å². The molecule has 0 aliphatic heterocycles. The van der Waals surface area contributed by atoms with Crippen LogP contribution in [-0.4, -0.2) is 0 Å². The van der Waals surface area contributed by atoms with Crippen molar-refractivity contribution in [3.63, 3.8) is 0 Å². The van der Waals surface area contributed by atoms with Crippen molar-refractivity contribution in [2.24, 2.45) is 0 Å².